The van der Waals surface area contributed by atoms with Crippen molar-refractivity contribution >= 4 is 0 Å². The van der Waals surface area contributed by atoms with Gasteiger partial charge in [0, 0.05) is 12.0 Å². The topological polar surface area (TPSA) is 42.2 Å². The first kappa shape index (κ1) is 12.6. The molecule has 0 bridgehead atoms. The molecule has 0 saturated heterocycles. The summed E-state index contributed by atoms with van der Waals surface area (Å²) in [7, 11) is 2.12. The maximum atomic E-state index is 5.29. The number of hydrogen-bond donors (Lipinski definition) is 0. The van der Waals surface area contributed by atoms with Crippen molar-refractivity contribution in [2.24, 2.45) is 5.92 Å². The van der Waals surface area contributed by atoms with Gasteiger partial charge >= 0.3 is 0 Å². The molecule has 1 saturated carbocycles. The Morgan fingerprint density at radius 3 is 2.65 bits per heavy atom. The van der Waals surface area contributed by atoms with Crippen LogP contribution in [-0.4, -0.2) is 28.1 Å². The van der Waals surface area contributed by atoms with Crippen molar-refractivity contribution in [2.75, 3.05) is 7.05 Å². The van der Waals surface area contributed by atoms with Crippen LogP contribution in [0.15, 0.2) is 4.52 Å². The molecular formula is C13H23N3O. The van der Waals surface area contributed by atoms with Gasteiger partial charge in [0.15, 0.2) is 5.82 Å². The third-order valence-corrected chi connectivity index (χ3v) is 3.38. The van der Waals surface area contributed by atoms with Gasteiger partial charge in [-0.2, -0.15) is 4.98 Å². The highest BCUT2D eigenvalue weighted by atomic mass is 16.5. The lowest BCUT2D eigenvalue weighted by Crippen LogP contribution is -2.29. The summed E-state index contributed by atoms with van der Waals surface area (Å²) in [6, 6.07) is 0.547. The van der Waals surface area contributed by atoms with E-state index in [0.717, 1.165) is 24.2 Å². The van der Waals surface area contributed by atoms with Gasteiger partial charge < -0.3 is 4.52 Å². The summed E-state index contributed by atoms with van der Waals surface area (Å²) in [6.45, 7) is 7.51. The van der Waals surface area contributed by atoms with Crippen LogP contribution in [0, 0.1) is 5.92 Å². The third kappa shape index (κ3) is 3.53. The third-order valence-electron chi connectivity index (χ3n) is 3.38. The lowest BCUT2D eigenvalue weighted by molar-refractivity contribution is 0.194. The fourth-order valence-electron chi connectivity index (χ4n) is 2.07. The Morgan fingerprint density at radius 2 is 2.06 bits per heavy atom. The summed E-state index contributed by atoms with van der Waals surface area (Å²) in [5.41, 5.74) is 0. The second kappa shape index (κ2) is 5.17. The molecule has 96 valence electrons. The second-order valence-corrected chi connectivity index (χ2v) is 5.71. The molecule has 0 aromatic carbocycles. The van der Waals surface area contributed by atoms with Gasteiger partial charge in [0.05, 0.1) is 6.54 Å². The Balaban J connectivity index is 1.85. The van der Waals surface area contributed by atoms with E-state index in [1.54, 1.807) is 0 Å². The molecule has 2 rings (SSSR count). The highest BCUT2D eigenvalue weighted by Gasteiger charge is 2.29. The van der Waals surface area contributed by atoms with Crippen molar-refractivity contribution in [2.45, 2.75) is 58.5 Å². The molecule has 17 heavy (non-hydrogen) atoms. The molecule has 1 aliphatic carbocycles. The maximum absolute atomic E-state index is 5.29. The number of hydrogen-bond acceptors (Lipinski definition) is 4. The Hall–Kier alpha value is -0.900. The van der Waals surface area contributed by atoms with Gasteiger partial charge in [0.2, 0.25) is 5.89 Å². The summed E-state index contributed by atoms with van der Waals surface area (Å²) in [6.07, 6.45) is 3.64. The van der Waals surface area contributed by atoms with Crippen molar-refractivity contribution in [1.29, 1.82) is 0 Å². The van der Waals surface area contributed by atoms with E-state index in [0.29, 0.717) is 12.0 Å². The summed E-state index contributed by atoms with van der Waals surface area (Å²) in [5.74, 6) is 2.96. The molecule has 1 aliphatic rings. The zero-order chi connectivity index (χ0) is 12.4. The molecule has 0 N–H and O–H groups in total. The average molecular weight is 237 g/mol. The fourth-order valence-corrected chi connectivity index (χ4v) is 2.07. The second-order valence-electron chi connectivity index (χ2n) is 5.71. The van der Waals surface area contributed by atoms with Gasteiger partial charge in [-0.05, 0) is 39.2 Å². The van der Waals surface area contributed by atoms with Crippen molar-refractivity contribution in [3.63, 3.8) is 0 Å². The van der Waals surface area contributed by atoms with Crippen LogP contribution < -0.4 is 0 Å². The molecule has 4 heteroatoms. The van der Waals surface area contributed by atoms with E-state index in [9.17, 15) is 0 Å². The highest BCUT2D eigenvalue weighted by molar-refractivity contribution is 5.03. The molecule has 1 heterocycles. The van der Waals surface area contributed by atoms with Crippen molar-refractivity contribution in [3.05, 3.63) is 11.7 Å². The number of aromatic nitrogens is 2. The first-order valence-corrected chi connectivity index (χ1v) is 6.59. The molecule has 1 unspecified atom stereocenters. The van der Waals surface area contributed by atoms with Gasteiger partial charge in [-0.1, -0.05) is 19.0 Å². The predicted octanol–water partition coefficient (Wildman–Crippen LogP) is 2.81. The molecule has 1 atom stereocenters. The summed E-state index contributed by atoms with van der Waals surface area (Å²) >= 11 is 0. The standard InChI is InChI=1S/C13H23N3O/c1-9(2)7-10(3)16(4)8-12-14-13(15-17-12)11-5-6-11/h9-11H,5-8H2,1-4H3. The maximum Gasteiger partial charge on any atom is 0.240 e. The van der Waals surface area contributed by atoms with E-state index in [1.165, 1.54) is 19.3 Å². The van der Waals surface area contributed by atoms with E-state index >= 15 is 0 Å². The first-order valence-electron chi connectivity index (χ1n) is 6.59. The van der Waals surface area contributed by atoms with E-state index < -0.39 is 0 Å². The molecule has 0 amide bonds. The minimum Gasteiger partial charge on any atom is -0.338 e. The van der Waals surface area contributed by atoms with Crippen LogP contribution in [0.2, 0.25) is 0 Å². The van der Waals surface area contributed by atoms with Crippen molar-refractivity contribution in [3.8, 4) is 0 Å². The van der Waals surface area contributed by atoms with E-state index in [-0.39, 0.29) is 0 Å². The molecule has 0 spiro atoms. The first-order chi connectivity index (χ1) is 8.06. The van der Waals surface area contributed by atoms with Gasteiger partial charge in [0.1, 0.15) is 0 Å². The van der Waals surface area contributed by atoms with Gasteiger partial charge in [-0.25, -0.2) is 0 Å². The Kier molecular flexibility index (Phi) is 3.82. The Bertz CT molecular complexity index is 357. The zero-order valence-corrected chi connectivity index (χ0v) is 11.3. The number of nitrogens with zero attached hydrogens (tertiary/aromatic N) is 3. The predicted molar refractivity (Wildman–Crippen MR) is 66.7 cm³/mol. The molecule has 1 aromatic rings. The summed E-state index contributed by atoms with van der Waals surface area (Å²) in [5, 5.41) is 4.04. The lowest BCUT2D eigenvalue weighted by Gasteiger charge is -2.24. The van der Waals surface area contributed by atoms with Crippen LogP contribution in [0.4, 0.5) is 0 Å². The van der Waals surface area contributed by atoms with E-state index in [2.05, 4.69) is 42.9 Å². The molecule has 1 aromatic heterocycles. The normalized spacial score (nSPS) is 18.0. The van der Waals surface area contributed by atoms with Gasteiger partial charge in [-0.3, -0.25) is 4.90 Å². The van der Waals surface area contributed by atoms with Crippen molar-refractivity contribution < 1.29 is 4.52 Å². The Labute approximate surface area is 103 Å². The van der Waals surface area contributed by atoms with Crippen LogP contribution in [0.1, 0.15) is 57.7 Å². The van der Waals surface area contributed by atoms with Crippen LogP contribution >= 0.6 is 0 Å². The monoisotopic (exact) mass is 237 g/mol. The van der Waals surface area contributed by atoms with Gasteiger partial charge in [-0.15, -0.1) is 0 Å². The molecule has 1 fully saturated rings. The SMILES string of the molecule is CC(C)CC(C)N(C)Cc1nc(C2CC2)no1. The Morgan fingerprint density at radius 1 is 1.35 bits per heavy atom. The van der Waals surface area contributed by atoms with E-state index in [4.69, 9.17) is 4.52 Å². The minimum absolute atomic E-state index is 0.547. The molecule has 4 nitrogen and oxygen atoms in total. The van der Waals surface area contributed by atoms with Crippen LogP contribution in [0.5, 0.6) is 0 Å². The minimum atomic E-state index is 0.547. The largest absolute Gasteiger partial charge is 0.338 e. The highest BCUT2D eigenvalue weighted by Crippen LogP contribution is 2.38. The van der Waals surface area contributed by atoms with Crippen LogP contribution in [-0.2, 0) is 6.54 Å². The zero-order valence-electron chi connectivity index (χ0n) is 11.3. The van der Waals surface area contributed by atoms with Gasteiger partial charge in [0.25, 0.3) is 0 Å². The average Bonchev–Trinajstić information content (AvgIpc) is 2.99. The number of rotatable bonds is 6. The van der Waals surface area contributed by atoms with Crippen LogP contribution in [0.25, 0.3) is 0 Å². The summed E-state index contributed by atoms with van der Waals surface area (Å²) in [4.78, 5) is 6.74. The summed E-state index contributed by atoms with van der Waals surface area (Å²) < 4.78 is 5.29. The van der Waals surface area contributed by atoms with Crippen LogP contribution in [0.3, 0.4) is 0 Å². The van der Waals surface area contributed by atoms with E-state index in [1.807, 2.05) is 0 Å². The lowest BCUT2D eigenvalue weighted by atomic mass is 10.0. The van der Waals surface area contributed by atoms with Crippen molar-refractivity contribution in [1.82, 2.24) is 15.0 Å². The molecule has 0 aliphatic heterocycles. The molecular weight excluding hydrogens is 214 g/mol. The smallest absolute Gasteiger partial charge is 0.240 e. The quantitative estimate of drug-likeness (QED) is 0.763. The molecule has 0 radical (unpaired) electrons. The fraction of sp³-hybridized carbons (Fsp3) is 0.846.